The van der Waals surface area contributed by atoms with Crippen molar-refractivity contribution in [2.24, 2.45) is 0 Å². The number of aromatic nitrogens is 2. The summed E-state index contributed by atoms with van der Waals surface area (Å²) in [6, 6.07) is 15.7. The van der Waals surface area contributed by atoms with Crippen LogP contribution in [0.1, 0.15) is 18.2 Å². The van der Waals surface area contributed by atoms with E-state index in [1.54, 1.807) is 12.0 Å². The first-order chi connectivity index (χ1) is 13.1. The van der Waals surface area contributed by atoms with Gasteiger partial charge in [0.2, 0.25) is 5.91 Å². The quantitative estimate of drug-likeness (QED) is 0.605. The second-order valence-corrected chi connectivity index (χ2v) is 7.76. The summed E-state index contributed by atoms with van der Waals surface area (Å²) >= 11 is 3.47. The molecule has 0 spiro atoms. The zero-order valence-corrected chi connectivity index (χ0v) is 16.6. The fourth-order valence-electron chi connectivity index (χ4n) is 3.71. The maximum atomic E-state index is 12.8. The first-order valence-corrected chi connectivity index (χ1v) is 9.59. The van der Waals surface area contributed by atoms with Crippen LogP contribution in [0.2, 0.25) is 0 Å². The third kappa shape index (κ3) is 3.25. The highest BCUT2D eigenvalue weighted by atomic mass is 79.9. The number of nitrogens with zero attached hydrogens (tertiary/aromatic N) is 3. The van der Waals surface area contributed by atoms with E-state index in [0.29, 0.717) is 25.3 Å². The molecule has 6 heteroatoms. The molecular formula is C21H20BrN3O2. The lowest BCUT2D eigenvalue weighted by molar-refractivity contribution is -0.117. The molecule has 27 heavy (non-hydrogen) atoms. The van der Waals surface area contributed by atoms with Gasteiger partial charge >= 0.3 is 0 Å². The van der Waals surface area contributed by atoms with Crippen molar-refractivity contribution in [1.29, 1.82) is 0 Å². The number of imidazole rings is 1. The number of anilines is 1. The maximum absolute atomic E-state index is 12.8. The zero-order chi connectivity index (χ0) is 19.0. The Labute approximate surface area is 166 Å². The van der Waals surface area contributed by atoms with Crippen LogP contribution in [0.5, 0.6) is 5.75 Å². The van der Waals surface area contributed by atoms with Gasteiger partial charge in [0.1, 0.15) is 11.6 Å². The Morgan fingerprint density at radius 1 is 1.26 bits per heavy atom. The van der Waals surface area contributed by atoms with E-state index in [9.17, 15) is 4.79 Å². The maximum Gasteiger partial charge on any atom is 0.227 e. The van der Waals surface area contributed by atoms with Gasteiger partial charge in [-0.3, -0.25) is 4.79 Å². The number of hydrogen-bond acceptors (Lipinski definition) is 3. The van der Waals surface area contributed by atoms with E-state index in [1.165, 1.54) is 0 Å². The lowest BCUT2D eigenvalue weighted by atomic mass is 10.1. The molecular weight excluding hydrogens is 406 g/mol. The first kappa shape index (κ1) is 17.8. The molecule has 0 saturated carbocycles. The van der Waals surface area contributed by atoms with E-state index < -0.39 is 0 Å². The summed E-state index contributed by atoms with van der Waals surface area (Å²) in [7, 11) is 1.62. The molecule has 138 valence electrons. The Hall–Kier alpha value is -2.60. The fraction of sp³-hybridized carbons (Fsp3) is 0.238. The van der Waals surface area contributed by atoms with Crippen LogP contribution >= 0.6 is 15.9 Å². The van der Waals surface area contributed by atoms with Crippen LogP contribution in [-0.4, -0.2) is 29.1 Å². The number of para-hydroxylation sites is 4. The highest BCUT2D eigenvalue weighted by Gasteiger charge is 2.35. The van der Waals surface area contributed by atoms with Crippen LogP contribution in [0.3, 0.4) is 0 Å². The SMILES string of the molecule is C=C(Br)Cn1c(C2CC(=O)N(c3ccccc3OC)C2)nc2ccccc21. The summed E-state index contributed by atoms with van der Waals surface area (Å²) in [5, 5.41) is 0. The van der Waals surface area contributed by atoms with Gasteiger partial charge in [-0.1, -0.05) is 46.8 Å². The molecule has 2 aromatic carbocycles. The topological polar surface area (TPSA) is 47.4 Å². The average molecular weight is 426 g/mol. The van der Waals surface area contributed by atoms with E-state index in [4.69, 9.17) is 9.72 Å². The van der Waals surface area contributed by atoms with Crippen LogP contribution in [-0.2, 0) is 11.3 Å². The molecule has 4 rings (SSSR count). The molecule has 1 saturated heterocycles. The van der Waals surface area contributed by atoms with E-state index in [0.717, 1.165) is 27.0 Å². The number of carbonyl (C=O) groups is 1. The predicted molar refractivity (Wildman–Crippen MR) is 111 cm³/mol. The highest BCUT2D eigenvalue weighted by molar-refractivity contribution is 9.11. The normalized spacial score (nSPS) is 16.9. The molecule has 0 N–H and O–H groups in total. The Morgan fingerprint density at radius 3 is 2.78 bits per heavy atom. The number of rotatable bonds is 5. The van der Waals surface area contributed by atoms with Crippen LogP contribution in [0.25, 0.3) is 11.0 Å². The van der Waals surface area contributed by atoms with Crippen molar-refractivity contribution < 1.29 is 9.53 Å². The Morgan fingerprint density at radius 2 is 2.00 bits per heavy atom. The van der Waals surface area contributed by atoms with Crippen LogP contribution < -0.4 is 9.64 Å². The van der Waals surface area contributed by atoms with Crippen molar-refractivity contribution in [2.75, 3.05) is 18.6 Å². The van der Waals surface area contributed by atoms with Gasteiger partial charge in [-0.15, -0.1) is 0 Å². The van der Waals surface area contributed by atoms with Gasteiger partial charge in [-0.2, -0.15) is 0 Å². The Bertz CT molecular complexity index is 1030. The van der Waals surface area contributed by atoms with Crippen LogP contribution in [0.15, 0.2) is 59.6 Å². The minimum atomic E-state index is 0.0154. The van der Waals surface area contributed by atoms with E-state index >= 15 is 0 Å². The summed E-state index contributed by atoms with van der Waals surface area (Å²) in [6.45, 7) is 5.18. The minimum absolute atomic E-state index is 0.0154. The van der Waals surface area contributed by atoms with Gasteiger partial charge in [0.15, 0.2) is 0 Å². The molecule has 3 aromatic rings. The Kier molecular flexibility index (Phi) is 4.74. The average Bonchev–Trinajstić information content (AvgIpc) is 3.22. The predicted octanol–water partition coefficient (Wildman–Crippen LogP) is 4.47. The van der Waals surface area contributed by atoms with Crippen molar-refractivity contribution in [3.63, 3.8) is 0 Å². The monoisotopic (exact) mass is 425 g/mol. The molecule has 1 aromatic heterocycles. The lowest BCUT2D eigenvalue weighted by Gasteiger charge is -2.19. The van der Waals surface area contributed by atoms with Gasteiger partial charge in [-0.25, -0.2) is 4.98 Å². The van der Waals surface area contributed by atoms with Crippen LogP contribution in [0.4, 0.5) is 5.69 Å². The number of hydrogen-bond donors (Lipinski definition) is 0. The van der Waals surface area contributed by atoms with Crippen molar-refractivity contribution in [2.45, 2.75) is 18.9 Å². The fourth-order valence-corrected chi connectivity index (χ4v) is 3.96. The number of fused-ring (bicyclic) bond motifs is 1. The smallest absolute Gasteiger partial charge is 0.227 e. The van der Waals surface area contributed by atoms with Crippen LogP contribution in [0, 0.1) is 0 Å². The lowest BCUT2D eigenvalue weighted by Crippen LogP contribution is -2.25. The van der Waals surface area contributed by atoms with Crippen molar-refractivity contribution in [3.05, 3.63) is 65.4 Å². The van der Waals surface area contributed by atoms with Gasteiger partial charge in [0.25, 0.3) is 0 Å². The Balaban J connectivity index is 1.73. The molecule has 0 aliphatic carbocycles. The third-order valence-electron chi connectivity index (χ3n) is 4.88. The molecule has 1 atom stereocenters. The van der Waals surface area contributed by atoms with Gasteiger partial charge in [0, 0.05) is 23.4 Å². The first-order valence-electron chi connectivity index (χ1n) is 8.80. The molecule has 1 fully saturated rings. The number of benzene rings is 2. The van der Waals surface area contributed by atoms with Gasteiger partial charge < -0.3 is 14.2 Å². The highest BCUT2D eigenvalue weighted by Crippen LogP contribution is 2.37. The third-order valence-corrected chi connectivity index (χ3v) is 5.13. The number of amides is 1. The van der Waals surface area contributed by atoms with Gasteiger partial charge in [-0.05, 0) is 24.3 Å². The molecule has 5 nitrogen and oxygen atoms in total. The second kappa shape index (κ2) is 7.19. The number of ether oxygens (including phenoxy) is 1. The molecule has 2 heterocycles. The number of carbonyl (C=O) groups excluding carboxylic acids is 1. The number of halogens is 1. The molecule has 1 aliphatic rings. The number of methoxy groups -OCH3 is 1. The molecule has 1 unspecified atom stereocenters. The molecule has 1 aliphatic heterocycles. The minimum Gasteiger partial charge on any atom is -0.495 e. The summed E-state index contributed by atoms with van der Waals surface area (Å²) in [5.74, 6) is 1.72. The zero-order valence-electron chi connectivity index (χ0n) is 15.1. The standard InChI is InChI=1S/C21H20BrN3O2/c1-14(22)12-25-17-8-4-3-7-16(17)23-21(25)15-11-20(26)24(13-15)18-9-5-6-10-19(18)27-2/h3-10,15H,1,11-13H2,2H3. The summed E-state index contributed by atoms with van der Waals surface area (Å²) < 4.78 is 8.46. The molecule has 1 amide bonds. The van der Waals surface area contributed by atoms with E-state index in [-0.39, 0.29) is 11.8 Å². The summed E-state index contributed by atoms with van der Waals surface area (Å²) in [5.41, 5.74) is 2.79. The van der Waals surface area contributed by atoms with Crippen molar-refractivity contribution in [1.82, 2.24) is 9.55 Å². The largest absolute Gasteiger partial charge is 0.495 e. The summed E-state index contributed by atoms with van der Waals surface area (Å²) in [4.78, 5) is 19.4. The molecule has 0 radical (unpaired) electrons. The second-order valence-electron chi connectivity index (χ2n) is 6.64. The van der Waals surface area contributed by atoms with Crippen molar-refractivity contribution in [3.8, 4) is 5.75 Å². The summed E-state index contributed by atoms with van der Waals surface area (Å²) in [6.07, 6.45) is 0.427. The van der Waals surface area contributed by atoms with E-state index in [1.807, 2.05) is 42.5 Å². The van der Waals surface area contributed by atoms with Gasteiger partial charge in [0.05, 0.1) is 30.4 Å². The van der Waals surface area contributed by atoms with E-state index in [2.05, 4.69) is 33.1 Å². The molecule has 0 bridgehead atoms. The number of allylic oxidation sites excluding steroid dienone is 1. The van der Waals surface area contributed by atoms with Crippen molar-refractivity contribution >= 4 is 38.6 Å².